The second-order valence-corrected chi connectivity index (χ2v) is 5.33. The van der Waals surface area contributed by atoms with Crippen molar-refractivity contribution in [1.82, 2.24) is 10.2 Å². The number of hydrogen-bond donors (Lipinski definition) is 2. The first-order chi connectivity index (χ1) is 11.0. The van der Waals surface area contributed by atoms with Crippen molar-refractivity contribution in [3.05, 3.63) is 35.9 Å². The minimum Gasteiger partial charge on any atom is -0.480 e. The molecular formula is C17H24N2O4. The van der Waals surface area contributed by atoms with E-state index in [0.29, 0.717) is 13.0 Å². The summed E-state index contributed by atoms with van der Waals surface area (Å²) in [5.41, 5.74) is 0.878. The topological polar surface area (TPSA) is 86.7 Å². The van der Waals surface area contributed by atoms with Crippen LogP contribution < -0.4 is 5.32 Å². The van der Waals surface area contributed by atoms with Crippen LogP contribution in [0.2, 0.25) is 0 Å². The van der Waals surface area contributed by atoms with Crippen LogP contribution in [0.25, 0.3) is 0 Å². The number of carboxylic acid groups (broad SMARTS) is 1. The third-order valence-corrected chi connectivity index (χ3v) is 3.26. The molecule has 6 heteroatoms. The maximum Gasteiger partial charge on any atom is 0.323 e. The van der Waals surface area contributed by atoms with Gasteiger partial charge in [0.05, 0.1) is 0 Å². The van der Waals surface area contributed by atoms with Crippen molar-refractivity contribution in [3.8, 4) is 0 Å². The summed E-state index contributed by atoms with van der Waals surface area (Å²) in [6, 6.07) is 9.25. The van der Waals surface area contributed by atoms with E-state index in [1.54, 1.807) is 0 Å². The average molecular weight is 320 g/mol. The van der Waals surface area contributed by atoms with Crippen LogP contribution >= 0.6 is 0 Å². The van der Waals surface area contributed by atoms with Crippen molar-refractivity contribution < 1.29 is 19.5 Å². The van der Waals surface area contributed by atoms with Crippen LogP contribution in [0.1, 0.15) is 38.2 Å². The van der Waals surface area contributed by atoms with Gasteiger partial charge in [0.2, 0.25) is 11.8 Å². The molecule has 0 radical (unpaired) electrons. The van der Waals surface area contributed by atoms with E-state index < -0.39 is 5.97 Å². The summed E-state index contributed by atoms with van der Waals surface area (Å²) in [6.07, 6.45) is 1.73. The summed E-state index contributed by atoms with van der Waals surface area (Å²) < 4.78 is 0. The number of carbonyl (C=O) groups is 3. The van der Waals surface area contributed by atoms with E-state index in [1.165, 1.54) is 4.90 Å². The van der Waals surface area contributed by atoms with Crippen molar-refractivity contribution >= 4 is 17.8 Å². The highest BCUT2D eigenvalue weighted by molar-refractivity contribution is 5.82. The maximum atomic E-state index is 12.2. The molecule has 0 spiro atoms. The summed E-state index contributed by atoms with van der Waals surface area (Å²) >= 11 is 0. The number of nitrogens with zero attached hydrogens (tertiary/aromatic N) is 1. The molecule has 0 bridgehead atoms. The maximum absolute atomic E-state index is 12.2. The van der Waals surface area contributed by atoms with Crippen LogP contribution in [0, 0.1) is 0 Å². The van der Waals surface area contributed by atoms with Crippen molar-refractivity contribution in [1.29, 1.82) is 0 Å². The SMILES string of the molecule is CCCNC(=O)CCCC(=O)N(CC(=O)O)Cc1ccccc1. The number of carbonyl (C=O) groups excluding carboxylic acids is 2. The molecule has 23 heavy (non-hydrogen) atoms. The Hall–Kier alpha value is -2.37. The molecular weight excluding hydrogens is 296 g/mol. The molecule has 0 saturated carbocycles. The van der Waals surface area contributed by atoms with E-state index in [2.05, 4.69) is 5.32 Å². The molecule has 0 fully saturated rings. The first-order valence-corrected chi connectivity index (χ1v) is 7.83. The summed E-state index contributed by atoms with van der Waals surface area (Å²) in [7, 11) is 0. The summed E-state index contributed by atoms with van der Waals surface area (Å²) in [5, 5.41) is 11.7. The standard InChI is InChI=1S/C17H24N2O4/c1-2-11-18-15(20)9-6-10-16(21)19(13-17(22)23)12-14-7-4-3-5-8-14/h3-5,7-8H,2,6,9-13H2,1H3,(H,18,20)(H,22,23). The molecule has 2 N–H and O–H groups in total. The fourth-order valence-corrected chi connectivity index (χ4v) is 2.11. The fraction of sp³-hybridized carbons (Fsp3) is 0.471. The Morgan fingerprint density at radius 3 is 2.43 bits per heavy atom. The lowest BCUT2D eigenvalue weighted by Crippen LogP contribution is -2.35. The zero-order valence-corrected chi connectivity index (χ0v) is 13.5. The number of hydrogen-bond acceptors (Lipinski definition) is 3. The molecule has 1 aromatic carbocycles. The van der Waals surface area contributed by atoms with Gasteiger partial charge in [-0.1, -0.05) is 37.3 Å². The van der Waals surface area contributed by atoms with Crippen LogP contribution in [-0.2, 0) is 20.9 Å². The molecule has 0 aliphatic rings. The lowest BCUT2D eigenvalue weighted by Gasteiger charge is -2.21. The highest BCUT2D eigenvalue weighted by Gasteiger charge is 2.17. The van der Waals surface area contributed by atoms with Gasteiger partial charge in [-0.2, -0.15) is 0 Å². The van der Waals surface area contributed by atoms with Gasteiger partial charge < -0.3 is 15.3 Å². The summed E-state index contributed by atoms with van der Waals surface area (Å²) in [6.45, 7) is 2.52. The highest BCUT2D eigenvalue weighted by Crippen LogP contribution is 2.08. The van der Waals surface area contributed by atoms with Crippen molar-refractivity contribution in [3.63, 3.8) is 0 Å². The quantitative estimate of drug-likeness (QED) is 0.688. The summed E-state index contributed by atoms with van der Waals surface area (Å²) in [4.78, 5) is 36.0. The Morgan fingerprint density at radius 2 is 1.83 bits per heavy atom. The van der Waals surface area contributed by atoms with Crippen LogP contribution in [-0.4, -0.2) is 40.9 Å². The van der Waals surface area contributed by atoms with Crippen LogP contribution in [0.15, 0.2) is 30.3 Å². The fourth-order valence-electron chi connectivity index (χ4n) is 2.11. The van der Waals surface area contributed by atoms with Crippen LogP contribution in [0.3, 0.4) is 0 Å². The van der Waals surface area contributed by atoms with E-state index in [4.69, 9.17) is 5.11 Å². The summed E-state index contributed by atoms with van der Waals surface area (Å²) in [5.74, 6) is -1.37. The van der Waals surface area contributed by atoms with E-state index in [1.807, 2.05) is 37.3 Å². The van der Waals surface area contributed by atoms with Gasteiger partial charge >= 0.3 is 5.97 Å². The molecule has 0 aromatic heterocycles. The first kappa shape index (κ1) is 18.7. The monoisotopic (exact) mass is 320 g/mol. The van der Waals surface area contributed by atoms with Crippen molar-refractivity contribution in [2.75, 3.05) is 13.1 Å². The first-order valence-electron chi connectivity index (χ1n) is 7.83. The number of carboxylic acids is 1. The van der Waals surface area contributed by atoms with Crippen LogP contribution in [0.4, 0.5) is 0 Å². The molecule has 0 heterocycles. The van der Waals surface area contributed by atoms with E-state index in [9.17, 15) is 14.4 Å². The zero-order valence-electron chi connectivity index (χ0n) is 13.5. The smallest absolute Gasteiger partial charge is 0.323 e. The molecule has 0 saturated heterocycles. The number of aliphatic carboxylic acids is 1. The zero-order chi connectivity index (χ0) is 17.1. The number of rotatable bonds is 10. The minimum absolute atomic E-state index is 0.0764. The van der Waals surface area contributed by atoms with Crippen molar-refractivity contribution in [2.45, 2.75) is 39.2 Å². The molecule has 0 aliphatic carbocycles. The van der Waals surface area contributed by atoms with E-state index in [0.717, 1.165) is 12.0 Å². The Morgan fingerprint density at radius 1 is 1.13 bits per heavy atom. The predicted molar refractivity (Wildman–Crippen MR) is 86.6 cm³/mol. The number of benzene rings is 1. The third kappa shape index (κ3) is 7.99. The predicted octanol–water partition coefficient (Wildman–Crippen LogP) is 1.80. The third-order valence-electron chi connectivity index (χ3n) is 3.26. The minimum atomic E-state index is -1.05. The molecule has 126 valence electrons. The molecule has 1 rings (SSSR count). The average Bonchev–Trinajstić information content (AvgIpc) is 2.52. The van der Waals surface area contributed by atoms with E-state index in [-0.39, 0.29) is 37.7 Å². The molecule has 0 atom stereocenters. The molecule has 0 unspecified atom stereocenters. The largest absolute Gasteiger partial charge is 0.480 e. The Kier molecular flexibility index (Phi) is 8.42. The normalized spacial score (nSPS) is 10.1. The molecule has 1 aromatic rings. The Balaban J connectivity index is 2.49. The molecule has 0 aliphatic heterocycles. The number of nitrogens with one attached hydrogen (secondary N) is 1. The highest BCUT2D eigenvalue weighted by atomic mass is 16.4. The van der Waals surface area contributed by atoms with Gasteiger partial charge in [-0.25, -0.2) is 0 Å². The Labute approximate surface area is 136 Å². The van der Waals surface area contributed by atoms with Crippen molar-refractivity contribution in [2.24, 2.45) is 0 Å². The van der Waals surface area contributed by atoms with Gasteiger partial charge in [0, 0.05) is 25.9 Å². The van der Waals surface area contributed by atoms with Gasteiger partial charge in [-0.15, -0.1) is 0 Å². The number of amides is 2. The van der Waals surface area contributed by atoms with Gasteiger partial charge in [-0.05, 0) is 18.4 Å². The van der Waals surface area contributed by atoms with Gasteiger partial charge in [0.25, 0.3) is 0 Å². The molecule has 6 nitrogen and oxygen atoms in total. The molecule has 2 amide bonds. The lowest BCUT2D eigenvalue weighted by molar-refractivity contribution is -0.145. The van der Waals surface area contributed by atoms with Gasteiger partial charge in [0.15, 0.2) is 0 Å². The van der Waals surface area contributed by atoms with Gasteiger partial charge in [0.1, 0.15) is 6.54 Å². The second-order valence-electron chi connectivity index (χ2n) is 5.33. The lowest BCUT2D eigenvalue weighted by atomic mass is 10.1. The second kappa shape index (κ2) is 10.4. The Bertz CT molecular complexity index is 517. The van der Waals surface area contributed by atoms with Gasteiger partial charge in [-0.3, -0.25) is 14.4 Å². The van der Waals surface area contributed by atoms with Crippen LogP contribution in [0.5, 0.6) is 0 Å². The van der Waals surface area contributed by atoms with E-state index >= 15 is 0 Å².